The van der Waals surface area contributed by atoms with Gasteiger partial charge in [0.1, 0.15) is 0 Å². The molecule has 0 N–H and O–H groups in total. The molecule has 0 atom stereocenters. The van der Waals surface area contributed by atoms with Crippen molar-refractivity contribution in [3.63, 3.8) is 0 Å². The lowest BCUT2D eigenvalue weighted by Crippen LogP contribution is -1.86. The Labute approximate surface area is 99.3 Å². The van der Waals surface area contributed by atoms with Crippen molar-refractivity contribution >= 4 is 32.8 Å². The van der Waals surface area contributed by atoms with Crippen LogP contribution >= 0.6 is 27.3 Å². The number of nitrogens with zero attached hydrogens (tertiary/aromatic N) is 2. The van der Waals surface area contributed by atoms with Crippen LogP contribution in [0.15, 0.2) is 46.5 Å². The van der Waals surface area contributed by atoms with Gasteiger partial charge in [-0.15, -0.1) is 11.3 Å². The zero-order chi connectivity index (χ0) is 10.3. The van der Waals surface area contributed by atoms with Gasteiger partial charge in [0.05, 0.1) is 16.6 Å². The molecule has 2 nitrogen and oxygen atoms in total. The molecule has 3 aromatic heterocycles. The van der Waals surface area contributed by atoms with Crippen LogP contribution in [0.1, 0.15) is 0 Å². The first-order valence-corrected chi connectivity index (χ1v) is 6.19. The minimum atomic E-state index is 1.00. The first-order chi connectivity index (χ1) is 7.36. The Kier molecular flexibility index (Phi) is 2.11. The van der Waals surface area contributed by atoms with Crippen molar-refractivity contribution in [1.29, 1.82) is 0 Å². The normalized spacial score (nSPS) is 11.0. The molecule has 0 amide bonds. The van der Waals surface area contributed by atoms with E-state index >= 15 is 0 Å². The molecule has 0 unspecified atom stereocenters. The van der Waals surface area contributed by atoms with Crippen molar-refractivity contribution in [3.05, 3.63) is 46.5 Å². The Morgan fingerprint density at radius 1 is 1.27 bits per heavy atom. The number of hydrogen-bond donors (Lipinski definition) is 0. The molecule has 0 saturated carbocycles. The molecule has 0 aliphatic heterocycles. The molecule has 3 aromatic rings. The van der Waals surface area contributed by atoms with Crippen LogP contribution in [0.25, 0.3) is 16.2 Å². The number of halogens is 1. The smallest absolute Gasteiger partial charge is 0.154 e. The van der Waals surface area contributed by atoms with E-state index in [-0.39, 0.29) is 0 Å². The predicted molar refractivity (Wildman–Crippen MR) is 66.2 cm³/mol. The quantitative estimate of drug-likeness (QED) is 0.661. The van der Waals surface area contributed by atoms with E-state index < -0.39 is 0 Å². The Hall–Kier alpha value is -1.13. The van der Waals surface area contributed by atoms with Crippen molar-refractivity contribution in [2.24, 2.45) is 0 Å². The maximum atomic E-state index is 4.44. The van der Waals surface area contributed by atoms with Crippen LogP contribution in [-0.4, -0.2) is 9.38 Å². The van der Waals surface area contributed by atoms with Gasteiger partial charge < -0.3 is 0 Å². The fourth-order valence-corrected chi connectivity index (χ4v) is 2.74. The Bertz CT molecular complexity index is 598. The summed E-state index contributed by atoms with van der Waals surface area (Å²) in [4.78, 5) is 5.63. The van der Waals surface area contributed by atoms with Crippen molar-refractivity contribution in [2.45, 2.75) is 0 Å². The number of fused-ring (bicyclic) bond motifs is 1. The number of rotatable bonds is 1. The number of hydrogen-bond acceptors (Lipinski definition) is 2. The van der Waals surface area contributed by atoms with Gasteiger partial charge in [0, 0.05) is 10.7 Å². The third kappa shape index (κ3) is 1.41. The summed E-state index contributed by atoms with van der Waals surface area (Å²) in [5, 5.41) is 2.06. The molecule has 74 valence electrons. The molecule has 0 aromatic carbocycles. The van der Waals surface area contributed by atoms with Crippen molar-refractivity contribution in [2.75, 3.05) is 0 Å². The molecular formula is C11H7BrN2S. The fourth-order valence-electron chi connectivity index (χ4n) is 1.58. The minimum Gasteiger partial charge on any atom is -0.298 e. The summed E-state index contributed by atoms with van der Waals surface area (Å²) in [6.07, 6.45) is 3.92. The van der Waals surface area contributed by atoms with Crippen LogP contribution in [0.4, 0.5) is 0 Å². The Balaban J connectivity index is 2.34. The molecule has 0 bridgehead atoms. The summed E-state index contributed by atoms with van der Waals surface area (Å²) < 4.78 is 3.16. The van der Waals surface area contributed by atoms with E-state index in [2.05, 4.69) is 36.8 Å². The van der Waals surface area contributed by atoms with Crippen LogP contribution in [0.3, 0.4) is 0 Å². The fraction of sp³-hybridized carbons (Fsp3) is 0. The van der Waals surface area contributed by atoms with Crippen LogP contribution in [0, 0.1) is 0 Å². The maximum absolute atomic E-state index is 4.44. The molecule has 0 aliphatic rings. The minimum absolute atomic E-state index is 1.00. The first-order valence-electron chi connectivity index (χ1n) is 4.52. The van der Waals surface area contributed by atoms with E-state index in [9.17, 15) is 0 Å². The molecule has 4 heteroatoms. The number of aromatic nitrogens is 2. The largest absolute Gasteiger partial charge is 0.298 e. The topological polar surface area (TPSA) is 17.3 Å². The van der Waals surface area contributed by atoms with E-state index in [0.717, 1.165) is 15.8 Å². The molecule has 0 fully saturated rings. The number of imidazole rings is 1. The van der Waals surface area contributed by atoms with Gasteiger partial charge in [-0.1, -0.05) is 6.07 Å². The van der Waals surface area contributed by atoms with Crippen molar-refractivity contribution < 1.29 is 0 Å². The molecule has 0 saturated heterocycles. The second-order valence-corrected chi connectivity index (χ2v) is 4.97. The summed E-state index contributed by atoms with van der Waals surface area (Å²) in [6.45, 7) is 0. The summed E-state index contributed by atoms with van der Waals surface area (Å²) in [6, 6.07) is 8.16. The zero-order valence-corrected chi connectivity index (χ0v) is 10.1. The van der Waals surface area contributed by atoms with Gasteiger partial charge in [-0.25, -0.2) is 4.98 Å². The highest BCUT2D eigenvalue weighted by Crippen LogP contribution is 2.27. The van der Waals surface area contributed by atoms with E-state index in [1.807, 2.05) is 30.6 Å². The summed E-state index contributed by atoms with van der Waals surface area (Å²) in [5.41, 5.74) is 1.10. The average Bonchev–Trinajstić information content (AvgIpc) is 2.85. The SMILES string of the molecule is Brc1cccn2c(-c3cccs3)ncc12. The summed E-state index contributed by atoms with van der Waals surface area (Å²) >= 11 is 5.22. The lowest BCUT2D eigenvalue weighted by atomic mass is 10.4. The molecular weight excluding hydrogens is 272 g/mol. The second-order valence-electron chi connectivity index (χ2n) is 3.17. The third-order valence-electron chi connectivity index (χ3n) is 2.26. The second kappa shape index (κ2) is 3.47. The number of pyridine rings is 1. The Morgan fingerprint density at radius 3 is 3.00 bits per heavy atom. The Morgan fingerprint density at radius 2 is 2.20 bits per heavy atom. The van der Waals surface area contributed by atoms with E-state index in [0.29, 0.717) is 0 Å². The maximum Gasteiger partial charge on any atom is 0.154 e. The zero-order valence-electron chi connectivity index (χ0n) is 7.72. The molecule has 3 rings (SSSR count). The van der Waals surface area contributed by atoms with Gasteiger partial charge in [-0.05, 0) is 39.5 Å². The molecule has 15 heavy (non-hydrogen) atoms. The van der Waals surface area contributed by atoms with Crippen molar-refractivity contribution in [3.8, 4) is 10.7 Å². The molecule has 0 radical (unpaired) electrons. The predicted octanol–water partition coefficient (Wildman–Crippen LogP) is 3.83. The highest BCUT2D eigenvalue weighted by atomic mass is 79.9. The van der Waals surface area contributed by atoms with Gasteiger partial charge in [-0.3, -0.25) is 4.40 Å². The highest BCUT2D eigenvalue weighted by molar-refractivity contribution is 9.10. The molecule has 0 aliphatic carbocycles. The monoisotopic (exact) mass is 278 g/mol. The van der Waals surface area contributed by atoms with Crippen LogP contribution in [0.5, 0.6) is 0 Å². The van der Waals surface area contributed by atoms with Crippen molar-refractivity contribution in [1.82, 2.24) is 9.38 Å². The van der Waals surface area contributed by atoms with Gasteiger partial charge in [0.25, 0.3) is 0 Å². The van der Waals surface area contributed by atoms with Crippen LogP contribution in [0.2, 0.25) is 0 Å². The average molecular weight is 279 g/mol. The molecule has 0 spiro atoms. The van der Waals surface area contributed by atoms with Gasteiger partial charge >= 0.3 is 0 Å². The van der Waals surface area contributed by atoms with Gasteiger partial charge in [0.2, 0.25) is 0 Å². The van der Waals surface area contributed by atoms with Crippen LogP contribution in [-0.2, 0) is 0 Å². The summed E-state index contributed by atoms with van der Waals surface area (Å²) in [7, 11) is 0. The van der Waals surface area contributed by atoms with Gasteiger partial charge in [-0.2, -0.15) is 0 Å². The lowest BCUT2D eigenvalue weighted by Gasteiger charge is -1.99. The lowest BCUT2D eigenvalue weighted by molar-refractivity contribution is 1.17. The standard InChI is InChI=1S/C11H7BrN2S/c12-8-3-1-5-14-9(8)7-13-11(14)10-4-2-6-15-10/h1-7H. The van der Waals surface area contributed by atoms with Gasteiger partial charge in [0.15, 0.2) is 5.82 Å². The first kappa shape index (κ1) is 9.12. The molecule has 3 heterocycles. The highest BCUT2D eigenvalue weighted by Gasteiger charge is 2.07. The summed E-state index contributed by atoms with van der Waals surface area (Å²) in [5.74, 6) is 1.00. The number of thiophene rings is 1. The van der Waals surface area contributed by atoms with E-state index in [1.54, 1.807) is 11.3 Å². The van der Waals surface area contributed by atoms with E-state index in [1.165, 1.54) is 4.88 Å². The third-order valence-corrected chi connectivity index (χ3v) is 3.80. The van der Waals surface area contributed by atoms with Crippen LogP contribution < -0.4 is 0 Å². The van der Waals surface area contributed by atoms with E-state index in [4.69, 9.17) is 0 Å².